The van der Waals surface area contributed by atoms with Gasteiger partial charge in [0.15, 0.2) is 5.78 Å². The van der Waals surface area contributed by atoms with Crippen molar-refractivity contribution in [3.8, 4) is 5.75 Å². The number of benzene rings is 2. The summed E-state index contributed by atoms with van der Waals surface area (Å²) in [4.78, 5) is 26.8. The molecule has 0 saturated heterocycles. The SMILES string of the molecule is [N-]=[N+]=NCCOCCOCCOc1ccc(CCC(C(=O)O)C(=O)c2ccc(C(F)(F)F)cc2)cc1. The van der Waals surface area contributed by atoms with E-state index in [0.717, 1.165) is 29.8 Å². The zero-order chi connectivity index (χ0) is 26.4. The number of rotatable bonds is 16. The summed E-state index contributed by atoms with van der Waals surface area (Å²) in [5.74, 6) is -2.86. The van der Waals surface area contributed by atoms with Gasteiger partial charge in [0.1, 0.15) is 18.3 Å². The monoisotopic (exact) mass is 509 g/mol. The second-order valence-corrected chi connectivity index (χ2v) is 7.54. The molecule has 0 saturated carbocycles. The van der Waals surface area contributed by atoms with Gasteiger partial charge < -0.3 is 19.3 Å². The molecule has 0 aliphatic rings. The smallest absolute Gasteiger partial charge is 0.416 e. The molecule has 0 amide bonds. The quantitative estimate of drug-likeness (QED) is 0.0851. The number of ketones is 1. The van der Waals surface area contributed by atoms with Crippen LogP contribution < -0.4 is 4.74 Å². The number of carboxylic acids is 1. The van der Waals surface area contributed by atoms with Gasteiger partial charge in [-0.1, -0.05) is 29.4 Å². The number of halogens is 3. The summed E-state index contributed by atoms with van der Waals surface area (Å²) in [5, 5.41) is 12.8. The van der Waals surface area contributed by atoms with Crippen molar-refractivity contribution in [3.63, 3.8) is 0 Å². The van der Waals surface area contributed by atoms with E-state index < -0.39 is 29.4 Å². The summed E-state index contributed by atoms with van der Waals surface area (Å²) in [6.45, 7) is 1.98. The van der Waals surface area contributed by atoms with Crippen LogP contribution in [0.3, 0.4) is 0 Å². The molecule has 0 aromatic heterocycles. The average Bonchev–Trinajstić information content (AvgIpc) is 2.85. The number of ether oxygens (including phenoxy) is 3. The first-order valence-electron chi connectivity index (χ1n) is 11.0. The van der Waals surface area contributed by atoms with Crippen molar-refractivity contribution in [3.05, 3.63) is 75.7 Å². The Hall–Kier alpha value is -3.60. The number of Topliss-reactive ketones (excluding diaryl/α,β-unsaturated/α-hetero) is 1. The Balaban J connectivity index is 1.76. The first-order chi connectivity index (χ1) is 17.2. The minimum atomic E-state index is -4.54. The van der Waals surface area contributed by atoms with E-state index in [4.69, 9.17) is 19.7 Å². The van der Waals surface area contributed by atoms with E-state index in [1.807, 2.05) is 0 Å². The standard InChI is InChI=1S/C24H26F3N3O6/c25-24(26,27)19-6-4-18(5-7-19)22(31)21(23(32)33)10-3-17-1-8-20(9-2-17)36-16-15-35-14-13-34-12-11-29-30-28/h1-2,4-9,21H,3,10-16H2,(H,32,33). The minimum Gasteiger partial charge on any atom is -0.491 e. The normalized spacial score (nSPS) is 12.0. The summed E-state index contributed by atoms with van der Waals surface area (Å²) in [7, 11) is 0. The molecule has 0 heterocycles. The van der Waals surface area contributed by atoms with Crippen molar-refractivity contribution >= 4 is 11.8 Å². The molecule has 0 aliphatic carbocycles. The van der Waals surface area contributed by atoms with Gasteiger partial charge in [-0.15, -0.1) is 0 Å². The number of hydrogen-bond donors (Lipinski definition) is 1. The molecule has 2 aromatic carbocycles. The Labute approximate surface area is 205 Å². The van der Waals surface area contributed by atoms with E-state index in [0.29, 0.717) is 38.8 Å². The first kappa shape index (κ1) is 28.6. The number of alkyl halides is 3. The first-order valence-corrected chi connectivity index (χ1v) is 11.0. The maximum absolute atomic E-state index is 12.7. The van der Waals surface area contributed by atoms with Crippen LogP contribution in [0.15, 0.2) is 53.6 Å². The fourth-order valence-electron chi connectivity index (χ4n) is 3.15. The van der Waals surface area contributed by atoms with Gasteiger partial charge in [-0.05, 0) is 48.2 Å². The predicted molar refractivity (Wildman–Crippen MR) is 123 cm³/mol. The molecule has 36 heavy (non-hydrogen) atoms. The van der Waals surface area contributed by atoms with Crippen molar-refractivity contribution in [2.24, 2.45) is 11.0 Å². The lowest BCUT2D eigenvalue weighted by Gasteiger charge is -2.13. The molecule has 0 radical (unpaired) electrons. The Morgan fingerprint density at radius 3 is 2.14 bits per heavy atom. The third-order valence-electron chi connectivity index (χ3n) is 5.02. The number of azide groups is 1. The van der Waals surface area contributed by atoms with Gasteiger partial charge in [0.2, 0.25) is 0 Å². The third kappa shape index (κ3) is 9.95. The topological polar surface area (TPSA) is 131 Å². The van der Waals surface area contributed by atoms with Gasteiger partial charge in [0, 0.05) is 17.0 Å². The highest BCUT2D eigenvalue weighted by Crippen LogP contribution is 2.29. The maximum Gasteiger partial charge on any atom is 0.416 e. The van der Waals surface area contributed by atoms with E-state index in [2.05, 4.69) is 10.0 Å². The van der Waals surface area contributed by atoms with Gasteiger partial charge in [-0.2, -0.15) is 13.2 Å². The summed E-state index contributed by atoms with van der Waals surface area (Å²) in [6.07, 6.45) is -4.26. The van der Waals surface area contributed by atoms with Crippen LogP contribution in [-0.4, -0.2) is 56.4 Å². The molecule has 0 bridgehead atoms. The molecular formula is C24H26F3N3O6. The summed E-state index contributed by atoms with van der Waals surface area (Å²) >= 11 is 0. The van der Waals surface area contributed by atoms with Crippen molar-refractivity contribution in [1.82, 2.24) is 0 Å². The highest BCUT2D eigenvalue weighted by atomic mass is 19.4. The molecule has 12 heteroatoms. The number of carboxylic acid groups (broad SMARTS) is 1. The minimum absolute atomic E-state index is 0.00579. The van der Waals surface area contributed by atoms with E-state index in [1.54, 1.807) is 24.3 Å². The van der Waals surface area contributed by atoms with Crippen LogP contribution in [0, 0.1) is 5.92 Å². The zero-order valence-corrected chi connectivity index (χ0v) is 19.3. The molecule has 2 aromatic rings. The number of hydrogen-bond acceptors (Lipinski definition) is 6. The number of nitrogens with zero attached hydrogens (tertiary/aromatic N) is 3. The van der Waals surface area contributed by atoms with Gasteiger partial charge in [0.25, 0.3) is 0 Å². The Bertz CT molecular complexity index is 1020. The lowest BCUT2D eigenvalue weighted by atomic mass is 9.91. The fraction of sp³-hybridized carbons (Fsp3) is 0.417. The van der Waals surface area contributed by atoms with E-state index in [9.17, 15) is 27.9 Å². The van der Waals surface area contributed by atoms with Crippen molar-refractivity contribution in [2.45, 2.75) is 19.0 Å². The second kappa shape index (κ2) is 14.7. The third-order valence-corrected chi connectivity index (χ3v) is 5.02. The number of aliphatic carboxylic acids is 1. The van der Waals surface area contributed by atoms with Crippen molar-refractivity contribution < 1.29 is 42.1 Å². The van der Waals surface area contributed by atoms with Crippen LogP contribution in [0.1, 0.15) is 27.9 Å². The highest BCUT2D eigenvalue weighted by Gasteiger charge is 2.31. The zero-order valence-electron chi connectivity index (χ0n) is 19.3. The molecule has 1 unspecified atom stereocenters. The van der Waals surface area contributed by atoms with E-state index in [1.165, 1.54) is 0 Å². The predicted octanol–water partition coefficient (Wildman–Crippen LogP) is 4.94. The Kier molecular flexibility index (Phi) is 11.7. The molecule has 0 spiro atoms. The van der Waals surface area contributed by atoms with Crippen LogP contribution in [0.5, 0.6) is 5.75 Å². The van der Waals surface area contributed by atoms with Crippen molar-refractivity contribution in [1.29, 1.82) is 0 Å². The molecule has 1 atom stereocenters. The molecule has 1 N–H and O–H groups in total. The molecule has 0 fully saturated rings. The number of aryl methyl sites for hydroxylation is 1. The summed E-state index contributed by atoms with van der Waals surface area (Å²) in [5.41, 5.74) is 7.92. The van der Waals surface area contributed by atoms with Gasteiger partial charge in [0.05, 0.1) is 32.0 Å². The van der Waals surface area contributed by atoms with Crippen molar-refractivity contribution in [2.75, 3.05) is 39.6 Å². The van der Waals surface area contributed by atoms with E-state index >= 15 is 0 Å². The Morgan fingerprint density at radius 1 is 0.944 bits per heavy atom. The molecular weight excluding hydrogens is 483 g/mol. The van der Waals surface area contributed by atoms with Crippen LogP contribution in [0.4, 0.5) is 13.2 Å². The molecule has 2 rings (SSSR count). The lowest BCUT2D eigenvalue weighted by Crippen LogP contribution is -2.24. The van der Waals surface area contributed by atoms with Gasteiger partial charge in [-0.3, -0.25) is 9.59 Å². The summed E-state index contributed by atoms with van der Waals surface area (Å²) < 4.78 is 54.2. The Morgan fingerprint density at radius 2 is 1.56 bits per heavy atom. The fourth-order valence-corrected chi connectivity index (χ4v) is 3.15. The van der Waals surface area contributed by atoms with Gasteiger partial charge in [-0.25, -0.2) is 0 Å². The largest absolute Gasteiger partial charge is 0.491 e. The number of carbonyl (C=O) groups excluding carboxylic acids is 1. The van der Waals surface area contributed by atoms with Crippen LogP contribution in [0.25, 0.3) is 10.4 Å². The van der Waals surface area contributed by atoms with Crippen LogP contribution in [-0.2, 0) is 26.9 Å². The maximum atomic E-state index is 12.7. The average molecular weight is 509 g/mol. The summed E-state index contributed by atoms with van der Waals surface area (Å²) in [6, 6.07) is 10.4. The van der Waals surface area contributed by atoms with Gasteiger partial charge >= 0.3 is 12.1 Å². The van der Waals surface area contributed by atoms with Crippen LogP contribution >= 0.6 is 0 Å². The molecule has 9 nitrogen and oxygen atoms in total. The highest BCUT2D eigenvalue weighted by molar-refractivity contribution is 6.08. The van der Waals surface area contributed by atoms with E-state index in [-0.39, 0.29) is 24.9 Å². The molecule has 0 aliphatic heterocycles. The second-order valence-electron chi connectivity index (χ2n) is 7.54. The lowest BCUT2D eigenvalue weighted by molar-refractivity contribution is -0.140. The van der Waals surface area contributed by atoms with Crippen LogP contribution in [0.2, 0.25) is 0 Å². The number of carbonyl (C=O) groups is 2. The molecule has 194 valence electrons.